The van der Waals surface area contributed by atoms with Gasteiger partial charge in [-0.2, -0.15) is 0 Å². The lowest BCUT2D eigenvalue weighted by molar-refractivity contribution is -0.144. The standard InChI is InChI=1S/C14H25N3O3.ClH/c1-16(10-13(18)17-5-7-20-8-6-17)14(19)11-3-2-4-12(15)9-11;/h11-12H,2-10,15H2,1H3;1H. The zero-order valence-electron chi connectivity index (χ0n) is 12.6. The Hall–Kier alpha value is -0.850. The van der Waals surface area contributed by atoms with E-state index in [0.717, 1.165) is 25.7 Å². The first-order chi connectivity index (χ1) is 9.58. The van der Waals surface area contributed by atoms with Crippen molar-refractivity contribution < 1.29 is 14.3 Å². The van der Waals surface area contributed by atoms with Crippen LogP contribution >= 0.6 is 12.4 Å². The van der Waals surface area contributed by atoms with Gasteiger partial charge in [-0.25, -0.2) is 0 Å². The van der Waals surface area contributed by atoms with Crippen molar-refractivity contribution in [3.63, 3.8) is 0 Å². The molecule has 2 unspecified atom stereocenters. The fourth-order valence-electron chi connectivity index (χ4n) is 2.96. The van der Waals surface area contributed by atoms with E-state index in [9.17, 15) is 9.59 Å². The van der Waals surface area contributed by atoms with E-state index in [4.69, 9.17) is 10.5 Å². The van der Waals surface area contributed by atoms with Crippen LogP contribution in [0.3, 0.4) is 0 Å². The van der Waals surface area contributed by atoms with Crippen LogP contribution in [0.4, 0.5) is 0 Å². The van der Waals surface area contributed by atoms with Gasteiger partial charge in [0.25, 0.3) is 0 Å². The van der Waals surface area contributed by atoms with E-state index in [1.54, 1.807) is 16.8 Å². The molecule has 2 N–H and O–H groups in total. The lowest BCUT2D eigenvalue weighted by Gasteiger charge is -2.31. The summed E-state index contributed by atoms with van der Waals surface area (Å²) in [6, 6.07) is 0.126. The second kappa shape index (κ2) is 8.56. The van der Waals surface area contributed by atoms with Crippen LogP contribution in [0.25, 0.3) is 0 Å². The molecule has 1 heterocycles. The molecule has 2 atom stereocenters. The molecule has 2 rings (SSSR count). The molecule has 2 amide bonds. The van der Waals surface area contributed by atoms with Gasteiger partial charge in [-0.3, -0.25) is 9.59 Å². The SMILES string of the molecule is CN(CC(=O)N1CCOCC1)C(=O)C1CCCC(N)C1.Cl. The number of likely N-dealkylation sites (N-methyl/N-ethyl adjacent to an activating group) is 1. The van der Waals surface area contributed by atoms with E-state index in [-0.39, 0.29) is 42.7 Å². The Kier molecular flexibility index (Phi) is 7.42. The number of halogens is 1. The highest BCUT2D eigenvalue weighted by molar-refractivity contribution is 5.86. The van der Waals surface area contributed by atoms with Gasteiger partial charge in [0.2, 0.25) is 11.8 Å². The number of morpholine rings is 1. The van der Waals surface area contributed by atoms with Crippen LogP contribution in [0.2, 0.25) is 0 Å². The normalized spacial score (nSPS) is 25.9. The number of ether oxygens (including phenoxy) is 1. The summed E-state index contributed by atoms with van der Waals surface area (Å²) in [6.07, 6.45) is 3.64. The molecule has 0 radical (unpaired) electrons. The van der Waals surface area contributed by atoms with Crippen molar-refractivity contribution in [1.29, 1.82) is 0 Å². The van der Waals surface area contributed by atoms with Crippen molar-refractivity contribution >= 4 is 24.2 Å². The Balaban J connectivity index is 0.00000220. The number of nitrogens with two attached hydrogens (primary N) is 1. The van der Waals surface area contributed by atoms with Gasteiger partial charge in [-0.15, -0.1) is 12.4 Å². The fraction of sp³-hybridized carbons (Fsp3) is 0.857. The average molecular weight is 320 g/mol. The predicted octanol–water partition coefficient (Wildman–Crippen LogP) is 0.243. The van der Waals surface area contributed by atoms with Crippen LogP contribution < -0.4 is 5.73 Å². The smallest absolute Gasteiger partial charge is 0.242 e. The molecular formula is C14H26ClN3O3. The van der Waals surface area contributed by atoms with Gasteiger partial charge in [0.1, 0.15) is 0 Å². The molecule has 21 heavy (non-hydrogen) atoms. The van der Waals surface area contributed by atoms with E-state index in [1.807, 2.05) is 0 Å². The lowest BCUT2D eigenvalue weighted by Crippen LogP contribution is -2.47. The molecule has 0 bridgehead atoms. The molecule has 6 nitrogen and oxygen atoms in total. The molecule has 0 spiro atoms. The van der Waals surface area contributed by atoms with Gasteiger partial charge in [0.15, 0.2) is 0 Å². The largest absolute Gasteiger partial charge is 0.378 e. The Bertz CT molecular complexity index is 361. The van der Waals surface area contributed by atoms with E-state index in [2.05, 4.69) is 0 Å². The highest BCUT2D eigenvalue weighted by Gasteiger charge is 2.29. The minimum absolute atomic E-state index is 0. The maximum absolute atomic E-state index is 12.3. The molecule has 1 aliphatic carbocycles. The summed E-state index contributed by atoms with van der Waals surface area (Å²) in [5.74, 6) is 0.0484. The Morgan fingerprint density at radius 3 is 2.57 bits per heavy atom. The average Bonchev–Trinajstić information content (AvgIpc) is 2.47. The van der Waals surface area contributed by atoms with Crippen LogP contribution in [0.15, 0.2) is 0 Å². The number of hydrogen-bond donors (Lipinski definition) is 1. The molecule has 0 aromatic carbocycles. The zero-order chi connectivity index (χ0) is 14.5. The lowest BCUT2D eigenvalue weighted by atomic mass is 9.85. The molecule has 1 saturated carbocycles. The van der Waals surface area contributed by atoms with Crippen LogP contribution in [-0.2, 0) is 14.3 Å². The molecule has 1 saturated heterocycles. The van der Waals surface area contributed by atoms with Crippen molar-refractivity contribution in [2.45, 2.75) is 31.7 Å². The summed E-state index contributed by atoms with van der Waals surface area (Å²) < 4.78 is 5.22. The third kappa shape index (κ3) is 5.13. The first kappa shape index (κ1) is 18.2. The highest BCUT2D eigenvalue weighted by atomic mass is 35.5. The van der Waals surface area contributed by atoms with Crippen LogP contribution in [0.1, 0.15) is 25.7 Å². The molecule has 2 aliphatic rings. The van der Waals surface area contributed by atoms with Crippen molar-refractivity contribution in [3.05, 3.63) is 0 Å². The maximum atomic E-state index is 12.3. The van der Waals surface area contributed by atoms with E-state index in [0.29, 0.717) is 26.3 Å². The van der Waals surface area contributed by atoms with Crippen LogP contribution in [0, 0.1) is 5.92 Å². The summed E-state index contributed by atoms with van der Waals surface area (Å²) in [7, 11) is 1.71. The molecule has 2 fully saturated rings. The van der Waals surface area contributed by atoms with Gasteiger partial charge in [-0.1, -0.05) is 6.42 Å². The van der Waals surface area contributed by atoms with Crippen molar-refractivity contribution in [3.8, 4) is 0 Å². The molecular weight excluding hydrogens is 294 g/mol. The summed E-state index contributed by atoms with van der Waals surface area (Å²) >= 11 is 0. The van der Waals surface area contributed by atoms with Crippen molar-refractivity contribution in [2.24, 2.45) is 11.7 Å². The number of nitrogens with zero attached hydrogens (tertiary/aromatic N) is 2. The zero-order valence-corrected chi connectivity index (χ0v) is 13.4. The van der Waals surface area contributed by atoms with Gasteiger partial charge in [0, 0.05) is 32.1 Å². The quantitative estimate of drug-likeness (QED) is 0.808. The molecule has 0 aromatic heterocycles. The maximum Gasteiger partial charge on any atom is 0.242 e. The number of carbonyl (C=O) groups is 2. The van der Waals surface area contributed by atoms with Gasteiger partial charge in [0.05, 0.1) is 19.8 Å². The predicted molar refractivity (Wildman–Crippen MR) is 82.2 cm³/mol. The summed E-state index contributed by atoms with van der Waals surface area (Å²) in [5, 5.41) is 0. The second-order valence-corrected chi connectivity index (χ2v) is 5.81. The minimum Gasteiger partial charge on any atom is -0.378 e. The minimum atomic E-state index is -0.0127. The van der Waals surface area contributed by atoms with Gasteiger partial charge >= 0.3 is 0 Å². The Morgan fingerprint density at radius 1 is 1.29 bits per heavy atom. The topological polar surface area (TPSA) is 75.9 Å². The molecule has 7 heteroatoms. The summed E-state index contributed by atoms with van der Waals surface area (Å²) in [5.41, 5.74) is 5.92. The first-order valence-corrected chi connectivity index (χ1v) is 7.44. The monoisotopic (exact) mass is 319 g/mol. The van der Waals surface area contributed by atoms with E-state index in [1.165, 1.54) is 0 Å². The summed E-state index contributed by atoms with van der Waals surface area (Å²) in [6.45, 7) is 2.57. The Morgan fingerprint density at radius 2 is 1.95 bits per heavy atom. The van der Waals surface area contributed by atoms with Crippen LogP contribution in [-0.4, -0.2) is 67.6 Å². The number of amides is 2. The third-order valence-corrected chi connectivity index (χ3v) is 4.18. The molecule has 1 aliphatic heterocycles. The van der Waals surface area contributed by atoms with Gasteiger partial charge < -0.3 is 20.3 Å². The van der Waals surface area contributed by atoms with Crippen molar-refractivity contribution in [2.75, 3.05) is 39.9 Å². The number of rotatable bonds is 3. The molecule has 122 valence electrons. The second-order valence-electron chi connectivity index (χ2n) is 5.81. The Labute approximate surface area is 132 Å². The van der Waals surface area contributed by atoms with E-state index < -0.39 is 0 Å². The number of carbonyl (C=O) groups excluding carboxylic acids is 2. The number of hydrogen-bond acceptors (Lipinski definition) is 4. The highest BCUT2D eigenvalue weighted by Crippen LogP contribution is 2.24. The fourth-order valence-corrected chi connectivity index (χ4v) is 2.96. The van der Waals surface area contributed by atoms with Crippen molar-refractivity contribution in [1.82, 2.24) is 9.80 Å². The third-order valence-electron chi connectivity index (χ3n) is 4.18. The van der Waals surface area contributed by atoms with E-state index >= 15 is 0 Å². The first-order valence-electron chi connectivity index (χ1n) is 7.44. The summed E-state index contributed by atoms with van der Waals surface area (Å²) in [4.78, 5) is 27.8. The van der Waals surface area contributed by atoms with Gasteiger partial charge in [-0.05, 0) is 19.3 Å². The molecule has 0 aromatic rings. The van der Waals surface area contributed by atoms with Crippen LogP contribution in [0.5, 0.6) is 0 Å².